The Hall–Kier alpha value is -1.66. The first-order valence-electron chi connectivity index (χ1n) is 7.13. The Morgan fingerprint density at radius 1 is 1.32 bits per heavy atom. The van der Waals surface area contributed by atoms with Gasteiger partial charge < -0.3 is 10.2 Å². The number of rotatable bonds is 8. The molecule has 0 unspecified atom stereocenters. The van der Waals surface area contributed by atoms with Crippen molar-refractivity contribution in [3.05, 3.63) is 39.9 Å². The molecule has 0 saturated carbocycles. The summed E-state index contributed by atoms with van der Waals surface area (Å²) in [7, 11) is 1.86. The van der Waals surface area contributed by atoms with Crippen molar-refractivity contribution in [2.75, 3.05) is 13.6 Å². The van der Waals surface area contributed by atoms with Crippen LogP contribution in [-0.4, -0.2) is 35.4 Å². The van der Waals surface area contributed by atoms with E-state index in [0.717, 1.165) is 18.5 Å². The number of halogens is 1. The van der Waals surface area contributed by atoms with E-state index in [0.29, 0.717) is 13.0 Å². The topological polar surface area (TPSA) is 75.5 Å². The van der Waals surface area contributed by atoms with Gasteiger partial charge in [0, 0.05) is 31.1 Å². The highest BCUT2D eigenvalue weighted by Crippen LogP contribution is 2.15. The minimum atomic E-state index is -0.424. The van der Waals surface area contributed by atoms with Crippen molar-refractivity contribution in [2.24, 2.45) is 0 Å². The van der Waals surface area contributed by atoms with E-state index in [4.69, 9.17) is 0 Å². The third kappa shape index (κ3) is 6.41. The summed E-state index contributed by atoms with van der Waals surface area (Å²) in [6, 6.07) is 6.45. The molecule has 22 heavy (non-hydrogen) atoms. The van der Waals surface area contributed by atoms with Crippen LogP contribution < -0.4 is 5.32 Å². The molecular weight excluding hydrogens is 306 g/mol. The molecule has 124 valence electrons. The number of nitrogens with one attached hydrogen (secondary N) is 1. The molecule has 1 rings (SSSR count). The molecule has 0 atom stereocenters. The van der Waals surface area contributed by atoms with E-state index in [9.17, 15) is 14.9 Å². The number of nitrogens with zero attached hydrogens (tertiary/aromatic N) is 2. The molecule has 0 spiro atoms. The van der Waals surface area contributed by atoms with Gasteiger partial charge in [-0.15, -0.1) is 12.4 Å². The molecule has 0 aliphatic carbocycles. The predicted molar refractivity (Wildman–Crippen MR) is 89.2 cm³/mol. The fourth-order valence-electron chi connectivity index (χ4n) is 2.04. The van der Waals surface area contributed by atoms with Crippen LogP contribution in [0.2, 0.25) is 0 Å². The van der Waals surface area contributed by atoms with Crippen LogP contribution in [0.3, 0.4) is 0 Å². The summed E-state index contributed by atoms with van der Waals surface area (Å²) in [4.78, 5) is 24.2. The number of nitro benzene ring substituents is 1. The summed E-state index contributed by atoms with van der Waals surface area (Å²) >= 11 is 0. The number of amides is 1. The Bertz CT molecular complexity index is 477. The molecule has 1 aromatic carbocycles. The van der Waals surface area contributed by atoms with Gasteiger partial charge in [0.2, 0.25) is 5.91 Å². The molecule has 0 radical (unpaired) electrons. The van der Waals surface area contributed by atoms with Gasteiger partial charge in [-0.05, 0) is 39.4 Å². The van der Waals surface area contributed by atoms with E-state index in [-0.39, 0.29) is 30.0 Å². The summed E-state index contributed by atoms with van der Waals surface area (Å²) < 4.78 is 0. The second kappa shape index (κ2) is 10.1. The van der Waals surface area contributed by atoms with Gasteiger partial charge in [0.15, 0.2) is 0 Å². The van der Waals surface area contributed by atoms with Crippen molar-refractivity contribution in [3.8, 4) is 0 Å². The lowest BCUT2D eigenvalue weighted by Gasteiger charge is -2.27. The van der Waals surface area contributed by atoms with E-state index in [1.54, 1.807) is 17.0 Å². The third-order valence-corrected chi connectivity index (χ3v) is 3.26. The minimum Gasteiger partial charge on any atom is -0.336 e. The standard InChI is InChI=1S/C15H23N3O3.ClH/c1-12(2)17(15(19)5-4-10-16-3)11-13-6-8-14(9-7-13)18(20)21;/h6-9,12,16H,4-5,10-11H2,1-3H3;1H. The zero-order chi connectivity index (χ0) is 15.8. The van der Waals surface area contributed by atoms with Gasteiger partial charge in [-0.2, -0.15) is 0 Å². The maximum atomic E-state index is 12.2. The molecule has 0 fully saturated rings. The van der Waals surface area contributed by atoms with E-state index in [2.05, 4.69) is 5.32 Å². The third-order valence-electron chi connectivity index (χ3n) is 3.26. The van der Waals surface area contributed by atoms with Crippen LogP contribution in [-0.2, 0) is 11.3 Å². The van der Waals surface area contributed by atoms with Crippen LogP contribution in [0.4, 0.5) is 5.69 Å². The number of nitro groups is 1. The molecule has 0 bridgehead atoms. The van der Waals surface area contributed by atoms with Crippen LogP contribution in [0.1, 0.15) is 32.3 Å². The van der Waals surface area contributed by atoms with Crippen LogP contribution in [0, 0.1) is 10.1 Å². The largest absolute Gasteiger partial charge is 0.336 e. The summed E-state index contributed by atoms with van der Waals surface area (Å²) in [6.07, 6.45) is 1.31. The Morgan fingerprint density at radius 2 is 1.91 bits per heavy atom. The number of hydrogen-bond acceptors (Lipinski definition) is 4. The van der Waals surface area contributed by atoms with Gasteiger partial charge in [-0.3, -0.25) is 14.9 Å². The summed E-state index contributed by atoms with van der Waals surface area (Å²) in [6.45, 7) is 5.24. The summed E-state index contributed by atoms with van der Waals surface area (Å²) in [5.41, 5.74) is 0.964. The zero-order valence-corrected chi connectivity index (χ0v) is 14.1. The highest BCUT2D eigenvalue weighted by atomic mass is 35.5. The fraction of sp³-hybridized carbons (Fsp3) is 0.533. The smallest absolute Gasteiger partial charge is 0.269 e. The van der Waals surface area contributed by atoms with Gasteiger partial charge in [-0.1, -0.05) is 12.1 Å². The van der Waals surface area contributed by atoms with Crippen molar-refractivity contribution in [1.82, 2.24) is 10.2 Å². The van der Waals surface area contributed by atoms with Crippen LogP contribution in [0.25, 0.3) is 0 Å². The molecule has 0 aliphatic rings. The Balaban J connectivity index is 0.00000441. The molecule has 0 aromatic heterocycles. The summed E-state index contributed by atoms with van der Waals surface area (Å²) in [5.74, 6) is 0.110. The van der Waals surface area contributed by atoms with Crippen LogP contribution >= 0.6 is 12.4 Å². The van der Waals surface area contributed by atoms with Gasteiger partial charge in [0.25, 0.3) is 5.69 Å². The molecule has 1 amide bonds. The number of carbonyl (C=O) groups is 1. The van der Waals surface area contributed by atoms with E-state index in [1.165, 1.54) is 12.1 Å². The first-order valence-corrected chi connectivity index (χ1v) is 7.13. The van der Waals surface area contributed by atoms with Crippen LogP contribution in [0.15, 0.2) is 24.3 Å². The predicted octanol–water partition coefficient (Wildman–Crippen LogP) is 2.75. The Kier molecular flexibility index (Phi) is 9.37. The monoisotopic (exact) mass is 329 g/mol. The fourth-order valence-corrected chi connectivity index (χ4v) is 2.04. The SMILES string of the molecule is CNCCCC(=O)N(Cc1ccc([N+](=O)[O-])cc1)C(C)C.Cl. The molecule has 0 saturated heterocycles. The second-order valence-electron chi connectivity index (χ2n) is 5.25. The quantitative estimate of drug-likeness (QED) is 0.452. The van der Waals surface area contributed by atoms with E-state index < -0.39 is 4.92 Å². The first-order chi connectivity index (χ1) is 9.95. The van der Waals surface area contributed by atoms with E-state index in [1.807, 2.05) is 20.9 Å². The maximum Gasteiger partial charge on any atom is 0.269 e. The molecular formula is C15H24ClN3O3. The van der Waals surface area contributed by atoms with E-state index >= 15 is 0 Å². The van der Waals surface area contributed by atoms with Crippen molar-refractivity contribution in [3.63, 3.8) is 0 Å². The first kappa shape index (κ1) is 20.3. The van der Waals surface area contributed by atoms with Gasteiger partial charge >= 0.3 is 0 Å². The van der Waals surface area contributed by atoms with Crippen molar-refractivity contribution in [1.29, 1.82) is 0 Å². The van der Waals surface area contributed by atoms with Crippen molar-refractivity contribution < 1.29 is 9.72 Å². The number of hydrogen-bond donors (Lipinski definition) is 1. The number of carbonyl (C=O) groups excluding carboxylic acids is 1. The minimum absolute atomic E-state index is 0. The van der Waals surface area contributed by atoms with Crippen LogP contribution in [0.5, 0.6) is 0 Å². The number of benzene rings is 1. The molecule has 6 nitrogen and oxygen atoms in total. The van der Waals surface area contributed by atoms with Crippen molar-refractivity contribution >= 4 is 24.0 Å². The Labute approximate surface area is 137 Å². The van der Waals surface area contributed by atoms with Gasteiger partial charge in [-0.25, -0.2) is 0 Å². The lowest BCUT2D eigenvalue weighted by molar-refractivity contribution is -0.384. The van der Waals surface area contributed by atoms with Gasteiger partial charge in [0.1, 0.15) is 0 Å². The Morgan fingerprint density at radius 3 is 2.36 bits per heavy atom. The maximum absolute atomic E-state index is 12.2. The van der Waals surface area contributed by atoms with Crippen molar-refractivity contribution in [2.45, 2.75) is 39.3 Å². The molecule has 1 N–H and O–H groups in total. The molecule has 0 heterocycles. The molecule has 1 aromatic rings. The highest BCUT2D eigenvalue weighted by molar-refractivity contribution is 5.85. The lowest BCUT2D eigenvalue weighted by Crippen LogP contribution is -2.36. The normalized spacial score (nSPS) is 10.2. The van der Waals surface area contributed by atoms with Gasteiger partial charge in [0.05, 0.1) is 4.92 Å². The molecule has 0 aliphatic heterocycles. The zero-order valence-electron chi connectivity index (χ0n) is 13.2. The average molecular weight is 330 g/mol. The molecule has 7 heteroatoms. The second-order valence-corrected chi connectivity index (χ2v) is 5.25. The lowest BCUT2D eigenvalue weighted by atomic mass is 10.1. The summed E-state index contributed by atoms with van der Waals surface area (Å²) in [5, 5.41) is 13.7. The number of non-ortho nitro benzene ring substituents is 1. The highest BCUT2D eigenvalue weighted by Gasteiger charge is 2.17. The average Bonchev–Trinajstić information content (AvgIpc) is 2.45.